The van der Waals surface area contributed by atoms with Crippen molar-refractivity contribution in [3.63, 3.8) is 0 Å². The first-order valence-electron chi connectivity index (χ1n) is 25.5. The molecule has 0 radical (unpaired) electrons. The van der Waals surface area contributed by atoms with Crippen molar-refractivity contribution in [3.8, 4) is 0 Å². The first-order valence-corrected chi connectivity index (χ1v) is 25.5. The predicted octanol–water partition coefficient (Wildman–Crippen LogP) is 16.5. The van der Waals surface area contributed by atoms with E-state index in [1.54, 1.807) is 0 Å². The molecule has 0 rings (SSSR count). The Morgan fingerprint density at radius 1 is 0.339 bits per heavy atom. The molecule has 0 amide bonds. The third kappa shape index (κ3) is 46.5. The number of esters is 3. The van der Waals surface area contributed by atoms with Crippen molar-refractivity contribution in [2.45, 2.75) is 271 Å². The standard InChI is InChI=1S/C53H96O6/c1-4-7-10-13-16-19-21-23-25-26-28-29-31-34-37-40-43-46-52(55)58-49-50(48-57-51(54)45-42-39-36-33-18-15-12-9-6-3)59-53(56)47-44-41-38-35-32-30-27-24-22-20-17-14-11-8-5-2/h17,20,22-25,50H,4-16,18-19,21,26-49H2,1-3H3/b20-17-,24-22-,25-23-. The summed E-state index contributed by atoms with van der Waals surface area (Å²) in [7, 11) is 0. The molecule has 0 saturated heterocycles. The van der Waals surface area contributed by atoms with Crippen LogP contribution in [0.2, 0.25) is 0 Å². The molecule has 0 bridgehead atoms. The molecular formula is C53H96O6. The van der Waals surface area contributed by atoms with Gasteiger partial charge in [0.2, 0.25) is 0 Å². The van der Waals surface area contributed by atoms with Gasteiger partial charge in [-0.15, -0.1) is 0 Å². The minimum Gasteiger partial charge on any atom is -0.462 e. The van der Waals surface area contributed by atoms with Crippen LogP contribution in [-0.2, 0) is 28.6 Å². The van der Waals surface area contributed by atoms with Gasteiger partial charge in [-0.3, -0.25) is 14.4 Å². The lowest BCUT2D eigenvalue weighted by Gasteiger charge is -2.18. The number of hydrogen-bond donors (Lipinski definition) is 0. The number of hydrogen-bond acceptors (Lipinski definition) is 6. The monoisotopic (exact) mass is 829 g/mol. The molecule has 0 N–H and O–H groups in total. The zero-order chi connectivity index (χ0) is 43.0. The lowest BCUT2D eigenvalue weighted by atomic mass is 10.1. The average molecular weight is 829 g/mol. The second-order valence-electron chi connectivity index (χ2n) is 17.1. The highest BCUT2D eigenvalue weighted by atomic mass is 16.6. The molecule has 6 heteroatoms. The Morgan fingerprint density at radius 3 is 0.983 bits per heavy atom. The zero-order valence-electron chi connectivity index (χ0n) is 39.3. The summed E-state index contributed by atoms with van der Waals surface area (Å²) in [5.74, 6) is -0.887. The molecule has 0 aliphatic carbocycles. The minimum absolute atomic E-state index is 0.0761. The summed E-state index contributed by atoms with van der Waals surface area (Å²) in [6.07, 6.45) is 55.5. The van der Waals surface area contributed by atoms with Gasteiger partial charge in [0.05, 0.1) is 0 Å². The summed E-state index contributed by atoms with van der Waals surface area (Å²) < 4.78 is 16.7. The molecule has 1 atom stereocenters. The summed E-state index contributed by atoms with van der Waals surface area (Å²) in [6.45, 7) is 6.59. The van der Waals surface area contributed by atoms with E-state index in [2.05, 4.69) is 57.2 Å². The maximum Gasteiger partial charge on any atom is 0.306 e. The van der Waals surface area contributed by atoms with Gasteiger partial charge >= 0.3 is 17.9 Å². The van der Waals surface area contributed by atoms with E-state index in [-0.39, 0.29) is 31.1 Å². The highest BCUT2D eigenvalue weighted by Gasteiger charge is 2.19. The van der Waals surface area contributed by atoms with Crippen LogP contribution in [0.4, 0.5) is 0 Å². The van der Waals surface area contributed by atoms with Crippen LogP contribution in [0, 0.1) is 0 Å². The van der Waals surface area contributed by atoms with Crippen LogP contribution in [-0.4, -0.2) is 37.2 Å². The first-order chi connectivity index (χ1) is 29.0. The van der Waals surface area contributed by atoms with E-state index in [4.69, 9.17) is 14.2 Å². The number of unbranched alkanes of at least 4 members (excludes halogenated alkanes) is 30. The fraction of sp³-hybridized carbons (Fsp3) is 0.830. The van der Waals surface area contributed by atoms with Gasteiger partial charge in [-0.25, -0.2) is 0 Å². The summed E-state index contributed by atoms with van der Waals surface area (Å²) in [4.78, 5) is 37.8. The Kier molecular flexibility index (Phi) is 46.4. The highest BCUT2D eigenvalue weighted by Crippen LogP contribution is 2.15. The highest BCUT2D eigenvalue weighted by molar-refractivity contribution is 5.71. The average Bonchev–Trinajstić information content (AvgIpc) is 3.23. The Bertz CT molecular complexity index is 1000. The van der Waals surface area contributed by atoms with Crippen LogP contribution in [0.15, 0.2) is 36.5 Å². The second-order valence-corrected chi connectivity index (χ2v) is 17.1. The maximum absolute atomic E-state index is 12.8. The molecule has 59 heavy (non-hydrogen) atoms. The molecular weight excluding hydrogens is 733 g/mol. The van der Waals surface area contributed by atoms with E-state index in [9.17, 15) is 14.4 Å². The van der Waals surface area contributed by atoms with Crippen molar-refractivity contribution >= 4 is 17.9 Å². The Hall–Kier alpha value is -2.37. The quantitative estimate of drug-likeness (QED) is 0.0200. The molecule has 344 valence electrons. The third-order valence-electron chi connectivity index (χ3n) is 11.1. The van der Waals surface area contributed by atoms with Crippen LogP contribution < -0.4 is 0 Å². The number of allylic oxidation sites excluding steroid dienone is 6. The van der Waals surface area contributed by atoms with Gasteiger partial charge < -0.3 is 14.2 Å². The van der Waals surface area contributed by atoms with Crippen LogP contribution in [0.25, 0.3) is 0 Å². The predicted molar refractivity (Wildman–Crippen MR) is 252 cm³/mol. The molecule has 0 saturated carbocycles. The van der Waals surface area contributed by atoms with Crippen molar-refractivity contribution in [1.82, 2.24) is 0 Å². The van der Waals surface area contributed by atoms with Crippen LogP contribution in [0.3, 0.4) is 0 Å². The molecule has 0 heterocycles. The zero-order valence-corrected chi connectivity index (χ0v) is 39.3. The number of carbonyl (C=O) groups is 3. The number of carbonyl (C=O) groups excluding carboxylic acids is 3. The van der Waals surface area contributed by atoms with E-state index >= 15 is 0 Å². The lowest BCUT2D eigenvalue weighted by Crippen LogP contribution is -2.30. The van der Waals surface area contributed by atoms with Crippen molar-refractivity contribution < 1.29 is 28.6 Å². The maximum atomic E-state index is 12.8. The van der Waals surface area contributed by atoms with Crippen molar-refractivity contribution in [2.24, 2.45) is 0 Å². The summed E-state index contributed by atoms with van der Waals surface area (Å²) in [5, 5.41) is 0. The molecule has 1 unspecified atom stereocenters. The Balaban J connectivity index is 4.33. The second kappa shape index (κ2) is 48.3. The van der Waals surface area contributed by atoms with Crippen molar-refractivity contribution in [1.29, 1.82) is 0 Å². The van der Waals surface area contributed by atoms with E-state index < -0.39 is 6.10 Å². The topological polar surface area (TPSA) is 78.9 Å². The Labute approximate surface area is 365 Å². The van der Waals surface area contributed by atoms with E-state index in [0.29, 0.717) is 19.3 Å². The lowest BCUT2D eigenvalue weighted by molar-refractivity contribution is -0.167. The van der Waals surface area contributed by atoms with Crippen molar-refractivity contribution in [3.05, 3.63) is 36.5 Å². The molecule has 0 spiro atoms. The molecule has 6 nitrogen and oxygen atoms in total. The van der Waals surface area contributed by atoms with Crippen LogP contribution in [0.1, 0.15) is 265 Å². The fourth-order valence-corrected chi connectivity index (χ4v) is 7.25. The summed E-state index contributed by atoms with van der Waals surface area (Å²) in [6, 6.07) is 0. The number of ether oxygens (including phenoxy) is 3. The summed E-state index contributed by atoms with van der Waals surface area (Å²) in [5.41, 5.74) is 0. The van der Waals surface area contributed by atoms with Gasteiger partial charge in [0.15, 0.2) is 6.10 Å². The largest absolute Gasteiger partial charge is 0.462 e. The molecule has 0 fully saturated rings. The fourth-order valence-electron chi connectivity index (χ4n) is 7.25. The Morgan fingerprint density at radius 2 is 0.610 bits per heavy atom. The van der Waals surface area contributed by atoms with E-state index in [1.165, 1.54) is 161 Å². The molecule has 0 aromatic carbocycles. The van der Waals surface area contributed by atoms with Crippen LogP contribution in [0.5, 0.6) is 0 Å². The molecule has 0 aliphatic rings. The minimum atomic E-state index is -0.775. The van der Waals surface area contributed by atoms with Gasteiger partial charge in [0, 0.05) is 19.3 Å². The molecule has 0 aromatic rings. The van der Waals surface area contributed by atoms with Crippen LogP contribution >= 0.6 is 0 Å². The van der Waals surface area contributed by atoms with Gasteiger partial charge in [0.1, 0.15) is 13.2 Å². The molecule has 0 aromatic heterocycles. The smallest absolute Gasteiger partial charge is 0.306 e. The molecule has 0 aliphatic heterocycles. The van der Waals surface area contributed by atoms with Gasteiger partial charge in [0.25, 0.3) is 0 Å². The SMILES string of the molecule is CCCCC/C=C\C=C/CCCCCCCCC(=O)OC(COC(=O)CCCCCCCCC/C=C\CCCCCCCC)COC(=O)CCCCCCCCCCC. The van der Waals surface area contributed by atoms with Gasteiger partial charge in [-0.2, -0.15) is 0 Å². The normalized spacial score (nSPS) is 12.3. The third-order valence-corrected chi connectivity index (χ3v) is 11.1. The first kappa shape index (κ1) is 56.6. The van der Waals surface area contributed by atoms with Crippen molar-refractivity contribution in [2.75, 3.05) is 13.2 Å². The summed E-state index contributed by atoms with van der Waals surface area (Å²) >= 11 is 0. The van der Waals surface area contributed by atoms with E-state index in [1.807, 2.05) is 0 Å². The number of rotatable bonds is 46. The van der Waals surface area contributed by atoms with Gasteiger partial charge in [-0.1, -0.05) is 211 Å². The van der Waals surface area contributed by atoms with Gasteiger partial charge in [-0.05, 0) is 70.6 Å². The van der Waals surface area contributed by atoms with E-state index in [0.717, 1.165) is 64.2 Å².